The maximum absolute atomic E-state index is 5.42. The lowest BCUT2D eigenvalue weighted by molar-refractivity contribution is 0.181. The Morgan fingerprint density at radius 1 is 1.35 bits per heavy atom. The second kappa shape index (κ2) is 6.24. The van der Waals surface area contributed by atoms with Gasteiger partial charge in [0, 0.05) is 39.2 Å². The van der Waals surface area contributed by atoms with E-state index in [0.29, 0.717) is 5.92 Å². The number of hydrogen-bond donors (Lipinski definition) is 1. The Labute approximate surface area is 104 Å². The van der Waals surface area contributed by atoms with Gasteiger partial charge in [-0.2, -0.15) is 0 Å². The van der Waals surface area contributed by atoms with Crippen LogP contribution in [-0.2, 0) is 4.74 Å². The summed E-state index contributed by atoms with van der Waals surface area (Å²) >= 11 is 0. The minimum Gasteiger partial charge on any atom is -0.381 e. The van der Waals surface area contributed by atoms with Crippen LogP contribution in [0.4, 0.5) is 0 Å². The zero-order valence-corrected chi connectivity index (χ0v) is 11.1. The van der Waals surface area contributed by atoms with Gasteiger partial charge >= 0.3 is 0 Å². The standard InChI is InChI=1S/C13H25N3O/c1-3-14-13(15-8-11-4-5-11)16(2)9-12-6-7-17-10-12/h11-12H,3-10H2,1-2H3,(H,14,15). The van der Waals surface area contributed by atoms with E-state index in [0.717, 1.165) is 44.7 Å². The van der Waals surface area contributed by atoms with Crippen molar-refractivity contribution in [1.82, 2.24) is 10.2 Å². The summed E-state index contributed by atoms with van der Waals surface area (Å²) in [6.07, 6.45) is 3.92. The molecule has 1 saturated heterocycles. The SMILES string of the molecule is CCNC(=NCC1CC1)N(C)CC1CCOC1. The summed E-state index contributed by atoms with van der Waals surface area (Å²) in [5.41, 5.74) is 0. The van der Waals surface area contributed by atoms with Gasteiger partial charge in [-0.1, -0.05) is 0 Å². The van der Waals surface area contributed by atoms with Crippen molar-refractivity contribution in [2.75, 3.05) is 39.9 Å². The van der Waals surface area contributed by atoms with E-state index in [1.54, 1.807) is 0 Å². The van der Waals surface area contributed by atoms with Gasteiger partial charge < -0.3 is 15.0 Å². The first-order chi connectivity index (χ1) is 8.29. The molecule has 1 saturated carbocycles. The van der Waals surface area contributed by atoms with Gasteiger partial charge in [0.2, 0.25) is 0 Å². The molecule has 0 amide bonds. The summed E-state index contributed by atoms with van der Waals surface area (Å²) in [7, 11) is 2.13. The molecule has 0 aromatic carbocycles. The fraction of sp³-hybridized carbons (Fsp3) is 0.923. The summed E-state index contributed by atoms with van der Waals surface area (Å²) in [6, 6.07) is 0. The molecule has 2 aliphatic rings. The van der Waals surface area contributed by atoms with Crippen molar-refractivity contribution in [3.8, 4) is 0 Å². The average Bonchev–Trinajstić information content (AvgIpc) is 3.01. The summed E-state index contributed by atoms with van der Waals surface area (Å²) in [6.45, 7) is 6.94. The Morgan fingerprint density at radius 2 is 2.18 bits per heavy atom. The maximum atomic E-state index is 5.42. The number of hydrogen-bond acceptors (Lipinski definition) is 2. The molecule has 0 aromatic heterocycles. The van der Waals surface area contributed by atoms with Crippen molar-refractivity contribution in [3.63, 3.8) is 0 Å². The van der Waals surface area contributed by atoms with Crippen molar-refractivity contribution in [2.24, 2.45) is 16.8 Å². The molecule has 4 nitrogen and oxygen atoms in total. The molecule has 1 heterocycles. The van der Waals surface area contributed by atoms with Crippen LogP contribution in [0, 0.1) is 11.8 Å². The minimum absolute atomic E-state index is 0.671. The van der Waals surface area contributed by atoms with Gasteiger partial charge in [-0.05, 0) is 32.1 Å². The lowest BCUT2D eigenvalue weighted by Gasteiger charge is -2.24. The van der Waals surface area contributed by atoms with Gasteiger partial charge in [-0.25, -0.2) is 0 Å². The van der Waals surface area contributed by atoms with Crippen LogP contribution in [0.3, 0.4) is 0 Å². The topological polar surface area (TPSA) is 36.9 Å². The molecule has 1 aliphatic heterocycles. The highest BCUT2D eigenvalue weighted by Crippen LogP contribution is 2.28. The molecule has 0 radical (unpaired) electrons. The van der Waals surface area contributed by atoms with E-state index in [1.807, 2.05) is 0 Å². The molecule has 1 aliphatic carbocycles. The first-order valence-corrected chi connectivity index (χ1v) is 6.86. The van der Waals surface area contributed by atoms with Crippen LogP contribution in [0.2, 0.25) is 0 Å². The molecular weight excluding hydrogens is 214 g/mol. The van der Waals surface area contributed by atoms with Gasteiger partial charge in [0.05, 0.1) is 6.61 Å². The second-order valence-electron chi connectivity index (χ2n) is 5.25. The second-order valence-corrected chi connectivity index (χ2v) is 5.25. The zero-order chi connectivity index (χ0) is 12.1. The fourth-order valence-corrected chi connectivity index (χ4v) is 2.19. The van der Waals surface area contributed by atoms with Crippen LogP contribution in [0.1, 0.15) is 26.2 Å². The lowest BCUT2D eigenvalue weighted by atomic mass is 10.1. The highest BCUT2D eigenvalue weighted by Gasteiger charge is 2.22. The first-order valence-electron chi connectivity index (χ1n) is 6.86. The van der Waals surface area contributed by atoms with Crippen molar-refractivity contribution >= 4 is 5.96 Å². The zero-order valence-electron chi connectivity index (χ0n) is 11.1. The minimum atomic E-state index is 0.671. The third kappa shape index (κ3) is 4.19. The summed E-state index contributed by atoms with van der Waals surface area (Å²) in [5, 5.41) is 3.37. The van der Waals surface area contributed by atoms with Crippen LogP contribution < -0.4 is 5.32 Å². The Hall–Kier alpha value is -0.770. The molecular formula is C13H25N3O. The smallest absolute Gasteiger partial charge is 0.193 e. The van der Waals surface area contributed by atoms with Gasteiger partial charge in [-0.3, -0.25) is 4.99 Å². The normalized spacial score (nSPS) is 25.1. The predicted molar refractivity (Wildman–Crippen MR) is 70.3 cm³/mol. The number of rotatable bonds is 5. The molecule has 1 atom stereocenters. The van der Waals surface area contributed by atoms with Crippen molar-refractivity contribution in [2.45, 2.75) is 26.2 Å². The van der Waals surface area contributed by atoms with E-state index in [-0.39, 0.29) is 0 Å². The third-order valence-corrected chi connectivity index (χ3v) is 3.45. The van der Waals surface area contributed by atoms with Gasteiger partial charge in [0.15, 0.2) is 5.96 Å². The van der Waals surface area contributed by atoms with Crippen LogP contribution >= 0.6 is 0 Å². The summed E-state index contributed by atoms with van der Waals surface area (Å²) in [5.74, 6) is 2.59. The fourth-order valence-electron chi connectivity index (χ4n) is 2.19. The monoisotopic (exact) mass is 239 g/mol. The average molecular weight is 239 g/mol. The molecule has 4 heteroatoms. The molecule has 0 aromatic rings. The summed E-state index contributed by atoms with van der Waals surface area (Å²) in [4.78, 5) is 6.96. The molecule has 1 unspecified atom stereocenters. The van der Waals surface area contributed by atoms with Crippen LogP contribution in [-0.4, -0.2) is 50.8 Å². The van der Waals surface area contributed by atoms with Crippen molar-refractivity contribution < 1.29 is 4.74 Å². The Kier molecular flexibility index (Phi) is 4.66. The number of ether oxygens (including phenoxy) is 1. The van der Waals surface area contributed by atoms with E-state index in [9.17, 15) is 0 Å². The molecule has 2 fully saturated rings. The number of nitrogens with zero attached hydrogens (tertiary/aromatic N) is 2. The highest BCUT2D eigenvalue weighted by molar-refractivity contribution is 5.79. The molecule has 17 heavy (non-hydrogen) atoms. The van der Waals surface area contributed by atoms with E-state index in [2.05, 4.69) is 24.2 Å². The highest BCUT2D eigenvalue weighted by atomic mass is 16.5. The van der Waals surface area contributed by atoms with Gasteiger partial charge in [-0.15, -0.1) is 0 Å². The maximum Gasteiger partial charge on any atom is 0.193 e. The quantitative estimate of drug-likeness (QED) is 0.581. The first kappa shape index (κ1) is 12.7. The van der Waals surface area contributed by atoms with Crippen LogP contribution in [0.15, 0.2) is 4.99 Å². The van der Waals surface area contributed by atoms with E-state index < -0.39 is 0 Å². The number of guanidine groups is 1. The van der Waals surface area contributed by atoms with E-state index in [1.165, 1.54) is 19.3 Å². The molecule has 0 spiro atoms. The lowest BCUT2D eigenvalue weighted by Crippen LogP contribution is -2.41. The summed E-state index contributed by atoms with van der Waals surface area (Å²) < 4.78 is 5.42. The van der Waals surface area contributed by atoms with E-state index >= 15 is 0 Å². The third-order valence-electron chi connectivity index (χ3n) is 3.45. The van der Waals surface area contributed by atoms with Gasteiger partial charge in [0.25, 0.3) is 0 Å². The van der Waals surface area contributed by atoms with Crippen molar-refractivity contribution in [3.05, 3.63) is 0 Å². The number of aliphatic imine (C=N–C) groups is 1. The Bertz CT molecular complexity index is 257. The molecule has 1 N–H and O–H groups in total. The predicted octanol–water partition coefficient (Wildman–Crippen LogP) is 1.33. The number of nitrogens with one attached hydrogen (secondary N) is 1. The van der Waals surface area contributed by atoms with E-state index in [4.69, 9.17) is 9.73 Å². The molecule has 2 rings (SSSR count). The molecule has 0 bridgehead atoms. The van der Waals surface area contributed by atoms with Crippen molar-refractivity contribution in [1.29, 1.82) is 0 Å². The Morgan fingerprint density at radius 3 is 2.76 bits per heavy atom. The van der Waals surface area contributed by atoms with Crippen LogP contribution in [0.25, 0.3) is 0 Å². The largest absolute Gasteiger partial charge is 0.381 e. The molecule has 98 valence electrons. The van der Waals surface area contributed by atoms with Crippen LogP contribution in [0.5, 0.6) is 0 Å². The van der Waals surface area contributed by atoms with Gasteiger partial charge in [0.1, 0.15) is 0 Å². The Balaban J connectivity index is 1.81.